The maximum absolute atomic E-state index is 12.3. The van der Waals surface area contributed by atoms with E-state index < -0.39 is 0 Å². The number of rotatable bonds is 4. The van der Waals surface area contributed by atoms with Gasteiger partial charge in [-0.25, -0.2) is 4.68 Å². The van der Waals surface area contributed by atoms with Gasteiger partial charge in [0, 0.05) is 17.4 Å². The first kappa shape index (κ1) is 15.3. The molecule has 3 aromatic rings. The number of hydrogen-bond acceptors (Lipinski definition) is 3. The number of ether oxygens (including phenoxy) is 1. The van der Waals surface area contributed by atoms with Crippen molar-refractivity contribution in [2.24, 2.45) is 0 Å². The zero-order chi connectivity index (χ0) is 16.2. The molecule has 0 aliphatic rings. The van der Waals surface area contributed by atoms with Gasteiger partial charge < -0.3 is 10.1 Å². The second kappa shape index (κ2) is 6.66. The lowest BCUT2D eigenvalue weighted by Crippen LogP contribution is -2.11. The molecule has 5 nitrogen and oxygen atoms in total. The van der Waals surface area contributed by atoms with Crippen LogP contribution in [0.4, 0.5) is 5.69 Å². The Morgan fingerprint density at radius 1 is 1.22 bits per heavy atom. The molecule has 0 spiro atoms. The average Bonchev–Trinajstić information content (AvgIpc) is 3.02. The number of amides is 1. The van der Waals surface area contributed by atoms with Crippen LogP contribution in [-0.4, -0.2) is 22.8 Å². The van der Waals surface area contributed by atoms with Crippen molar-refractivity contribution in [3.8, 4) is 11.4 Å². The molecule has 0 aliphatic heterocycles. The molecular formula is C17H14BrN3O2. The van der Waals surface area contributed by atoms with E-state index in [9.17, 15) is 4.79 Å². The van der Waals surface area contributed by atoms with E-state index in [1.54, 1.807) is 42.3 Å². The number of anilines is 1. The van der Waals surface area contributed by atoms with Crippen molar-refractivity contribution in [3.05, 3.63) is 71.0 Å². The molecule has 0 aliphatic carbocycles. The topological polar surface area (TPSA) is 56.1 Å². The molecule has 23 heavy (non-hydrogen) atoms. The first-order valence-electron chi connectivity index (χ1n) is 6.92. The number of carbonyl (C=O) groups is 1. The van der Waals surface area contributed by atoms with E-state index in [0.29, 0.717) is 17.0 Å². The third-order valence-electron chi connectivity index (χ3n) is 3.27. The Balaban J connectivity index is 1.73. The van der Waals surface area contributed by atoms with Crippen molar-refractivity contribution in [1.82, 2.24) is 9.78 Å². The quantitative estimate of drug-likeness (QED) is 0.756. The summed E-state index contributed by atoms with van der Waals surface area (Å²) in [7, 11) is 1.57. The molecule has 1 N–H and O–H groups in total. The van der Waals surface area contributed by atoms with Gasteiger partial charge in [-0.1, -0.05) is 6.07 Å². The largest absolute Gasteiger partial charge is 0.497 e. The van der Waals surface area contributed by atoms with Crippen LogP contribution in [0.5, 0.6) is 5.75 Å². The summed E-state index contributed by atoms with van der Waals surface area (Å²) in [6.45, 7) is 0. The summed E-state index contributed by atoms with van der Waals surface area (Å²) < 4.78 is 7.79. The van der Waals surface area contributed by atoms with Crippen LogP contribution in [0.2, 0.25) is 0 Å². The third kappa shape index (κ3) is 3.60. The van der Waals surface area contributed by atoms with Gasteiger partial charge in [0.1, 0.15) is 5.75 Å². The lowest BCUT2D eigenvalue weighted by molar-refractivity contribution is 0.102. The Labute approximate surface area is 142 Å². The van der Waals surface area contributed by atoms with E-state index in [-0.39, 0.29) is 5.91 Å². The van der Waals surface area contributed by atoms with E-state index in [1.807, 2.05) is 30.5 Å². The lowest BCUT2D eigenvalue weighted by Gasteiger charge is -2.08. The number of benzene rings is 2. The predicted molar refractivity (Wildman–Crippen MR) is 92.2 cm³/mol. The Bertz CT molecular complexity index is 828. The lowest BCUT2D eigenvalue weighted by atomic mass is 10.2. The van der Waals surface area contributed by atoms with E-state index in [2.05, 4.69) is 26.3 Å². The van der Waals surface area contributed by atoms with E-state index in [0.717, 1.165) is 10.2 Å². The maximum Gasteiger partial charge on any atom is 0.255 e. The molecule has 0 radical (unpaired) electrons. The second-order valence-corrected chi connectivity index (χ2v) is 5.75. The summed E-state index contributed by atoms with van der Waals surface area (Å²) in [5, 5.41) is 7.07. The summed E-state index contributed by atoms with van der Waals surface area (Å²) >= 11 is 3.36. The molecule has 1 heterocycles. The highest BCUT2D eigenvalue weighted by Crippen LogP contribution is 2.17. The van der Waals surface area contributed by atoms with Crippen LogP contribution in [0.25, 0.3) is 5.69 Å². The molecule has 6 heteroatoms. The fourth-order valence-electron chi connectivity index (χ4n) is 2.11. The number of aromatic nitrogens is 2. The summed E-state index contributed by atoms with van der Waals surface area (Å²) in [5.74, 6) is 0.468. The summed E-state index contributed by atoms with van der Waals surface area (Å²) in [5.41, 5.74) is 2.17. The Morgan fingerprint density at radius 3 is 2.65 bits per heavy atom. The van der Waals surface area contributed by atoms with Crippen molar-refractivity contribution in [2.75, 3.05) is 12.4 Å². The van der Waals surface area contributed by atoms with Crippen LogP contribution < -0.4 is 10.1 Å². The van der Waals surface area contributed by atoms with Crippen molar-refractivity contribution < 1.29 is 9.53 Å². The van der Waals surface area contributed by atoms with Gasteiger partial charge in [-0.3, -0.25) is 4.79 Å². The molecule has 1 aromatic heterocycles. The van der Waals surface area contributed by atoms with Crippen molar-refractivity contribution >= 4 is 27.5 Å². The van der Waals surface area contributed by atoms with E-state index in [1.165, 1.54) is 0 Å². The normalized spacial score (nSPS) is 10.3. The Hall–Kier alpha value is -2.60. The van der Waals surface area contributed by atoms with Gasteiger partial charge in [-0.05, 0) is 58.4 Å². The van der Waals surface area contributed by atoms with Crippen molar-refractivity contribution in [2.45, 2.75) is 0 Å². The van der Waals surface area contributed by atoms with Gasteiger partial charge in [0.2, 0.25) is 0 Å². The predicted octanol–water partition coefficient (Wildman–Crippen LogP) is 3.90. The summed E-state index contributed by atoms with van der Waals surface area (Å²) in [4.78, 5) is 12.3. The monoisotopic (exact) mass is 371 g/mol. The molecule has 0 unspecified atom stereocenters. The molecule has 0 saturated heterocycles. The SMILES string of the molecule is COc1cccc(C(=O)Nc2ccc(-n3cc(Br)cn3)cc2)c1. The molecular weight excluding hydrogens is 358 g/mol. The van der Waals surface area contributed by atoms with Crippen LogP contribution in [0.15, 0.2) is 65.4 Å². The van der Waals surface area contributed by atoms with Crippen molar-refractivity contribution in [1.29, 1.82) is 0 Å². The molecule has 0 saturated carbocycles. The maximum atomic E-state index is 12.3. The molecule has 0 atom stereocenters. The van der Waals surface area contributed by atoms with Gasteiger partial charge in [0.05, 0.1) is 23.5 Å². The first-order valence-corrected chi connectivity index (χ1v) is 7.71. The highest BCUT2D eigenvalue weighted by molar-refractivity contribution is 9.10. The summed E-state index contributed by atoms with van der Waals surface area (Å²) in [6, 6.07) is 14.5. The minimum atomic E-state index is -0.182. The smallest absolute Gasteiger partial charge is 0.255 e. The molecule has 0 fully saturated rings. The first-order chi connectivity index (χ1) is 11.2. The van der Waals surface area contributed by atoms with Gasteiger partial charge >= 0.3 is 0 Å². The molecule has 3 rings (SSSR count). The number of methoxy groups -OCH3 is 1. The van der Waals surface area contributed by atoms with Crippen LogP contribution in [-0.2, 0) is 0 Å². The van der Waals surface area contributed by atoms with Crippen molar-refractivity contribution in [3.63, 3.8) is 0 Å². The molecule has 1 amide bonds. The highest BCUT2D eigenvalue weighted by atomic mass is 79.9. The zero-order valence-corrected chi connectivity index (χ0v) is 13.9. The standard InChI is InChI=1S/C17H14BrN3O2/c1-23-16-4-2-3-12(9-16)17(22)20-14-5-7-15(8-6-14)21-11-13(18)10-19-21/h2-11H,1H3,(H,20,22). The molecule has 116 valence electrons. The average molecular weight is 372 g/mol. The fourth-order valence-corrected chi connectivity index (χ4v) is 2.39. The van der Waals surface area contributed by atoms with Gasteiger partial charge in [0.25, 0.3) is 5.91 Å². The molecule has 2 aromatic carbocycles. The summed E-state index contributed by atoms with van der Waals surface area (Å²) in [6.07, 6.45) is 3.59. The number of nitrogens with one attached hydrogen (secondary N) is 1. The minimum absolute atomic E-state index is 0.182. The number of hydrogen-bond donors (Lipinski definition) is 1. The number of halogens is 1. The Morgan fingerprint density at radius 2 is 2.00 bits per heavy atom. The number of nitrogens with zero attached hydrogens (tertiary/aromatic N) is 2. The van der Waals surface area contributed by atoms with E-state index >= 15 is 0 Å². The minimum Gasteiger partial charge on any atom is -0.497 e. The van der Waals surface area contributed by atoms with Crippen LogP contribution in [0.1, 0.15) is 10.4 Å². The highest BCUT2D eigenvalue weighted by Gasteiger charge is 2.07. The number of carbonyl (C=O) groups excluding carboxylic acids is 1. The van der Waals surface area contributed by atoms with Crippen LogP contribution in [0.3, 0.4) is 0 Å². The van der Waals surface area contributed by atoms with Gasteiger partial charge in [-0.2, -0.15) is 5.10 Å². The Kier molecular flexibility index (Phi) is 4.43. The molecule has 0 bridgehead atoms. The van der Waals surface area contributed by atoms with Crippen LogP contribution in [0, 0.1) is 0 Å². The third-order valence-corrected chi connectivity index (χ3v) is 3.68. The van der Waals surface area contributed by atoms with Gasteiger partial charge in [0.15, 0.2) is 0 Å². The van der Waals surface area contributed by atoms with Gasteiger partial charge in [-0.15, -0.1) is 0 Å². The zero-order valence-electron chi connectivity index (χ0n) is 12.4. The van der Waals surface area contributed by atoms with E-state index in [4.69, 9.17) is 4.74 Å². The van der Waals surface area contributed by atoms with Crippen LogP contribution >= 0.6 is 15.9 Å². The second-order valence-electron chi connectivity index (χ2n) is 4.84. The fraction of sp³-hybridized carbons (Fsp3) is 0.0588.